The molecule has 1 aromatic rings. The molecule has 0 saturated carbocycles. The topological polar surface area (TPSA) is 117 Å². The first kappa shape index (κ1) is 12.3. The van der Waals surface area contributed by atoms with Gasteiger partial charge in [-0.2, -0.15) is 0 Å². The summed E-state index contributed by atoms with van der Waals surface area (Å²) in [4.78, 5) is 22.3. The van der Waals surface area contributed by atoms with Crippen molar-refractivity contribution >= 4 is 28.7 Å². The third-order valence-electron chi connectivity index (χ3n) is 2.09. The van der Waals surface area contributed by atoms with E-state index in [9.17, 15) is 9.59 Å². The van der Waals surface area contributed by atoms with Crippen LogP contribution in [0, 0.1) is 0 Å². The number of aromatic nitrogens is 3. The molecular weight excluding hydrogens is 234 g/mol. The molecule has 0 aliphatic carbocycles. The Morgan fingerprint density at radius 2 is 2.25 bits per heavy atom. The van der Waals surface area contributed by atoms with Gasteiger partial charge in [-0.05, 0) is 18.6 Å². The van der Waals surface area contributed by atoms with E-state index in [1.165, 1.54) is 6.92 Å². The highest BCUT2D eigenvalue weighted by Gasteiger charge is 2.32. The van der Waals surface area contributed by atoms with E-state index in [-0.39, 0.29) is 11.6 Å². The van der Waals surface area contributed by atoms with E-state index in [0.717, 1.165) is 11.5 Å². The largest absolute Gasteiger partial charge is 0.480 e. The predicted molar refractivity (Wildman–Crippen MR) is 56.2 cm³/mol. The number of aliphatic carboxylic acids is 1. The first-order chi connectivity index (χ1) is 7.48. The van der Waals surface area contributed by atoms with Crippen molar-refractivity contribution in [2.24, 2.45) is 0 Å². The average Bonchev–Trinajstić information content (AvgIpc) is 2.69. The Bertz CT molecular complexity index is 381. The second-order valence-corrected chi connectivity index (χ2v) is 3.97. The van der Waals surface area contributed by atoms with Gasteiger partial charge in [0.2, 0.25) is 5.13 Å². The summed E-state index contributed by atoms with van der Waals surface area (Å²) >= 11 is 0.902. The maximum absolute atomic E-state index is 11.4. The molecule has 16 heavy (non-hydrogen) atoms. The summed E-state index contributed by atoms with van der Waals surface area (Å²) in [6, 6.07) is -0.648. The van der Waals surface area contributed by atoms with Crippen molar-refractivity contribution in [1.82, 2.24) is 20.1 Å². The lowest BCUT2D eigenvalue weighted by Gasteiger charge is -2.24. The number of anilines is 1. The third kappa shape index (κ3) is 2.86. The van der Waals surface area contributed by atoms with Gasteiger partial charge in [0.25, 0.3) is 0 Å². The molecule has 0 saturated heterocycles. The Hall–Kier alpha value is -1.77. The number of nitrogens with one attached hydrogen (secondary N) is 2. The predicted octanol–water partition coefficient (Wildman–Crippen LogP) is 0.308. The quantitative estimate of drug-likeness (QED) is 0.702. The molecule has 0 bridgehead atoms. The summed E-state index contributed by atoms with van der Waals surface area (Å²) in [6.07, 6.45) is 0.268. The smallest absolute Gasteiger partial charge is 0.329 e. The van der Waals surface area contributed by atoms with Crippen molar-refractivity contribution in [3.8, 4) is 0 Å². The fraction of sp³-hybridized carbons (Fsp3) is 0.571. The molecule has 0 fully saturated rings. The summed E-state index contributed by atoms with van der Waals surface area (Å²) in [5.74, 6) is -1.10. The molecular formula is C7H11N5O3S. The van der Waals surface area contributed by atoms with Gasteiger partial charge in [-0.25, -0.2) is 9.59 Å². The lowest BCUT2D eigenvalue weighted by molar-refractivity contribution is -0.143. The highest BCUT2D eigenvalue weighted by Crippen LogP contribution is 2.10. The molecule has 9 heteroatoms. The highest BCUT2D eigenvalue weighted by atomic mass is 32.1. The molecule has 0 aliphatic heterocycles. The van der Waals surface area contributed by atoms with Crippen molar-refractivity contribution in [2.45, 2.75) is 25.8 Å². The lowest BCUT2D eigenvalue weighted by atomic mass is 10.00. The van der Waals surface area contributed by atoms with Crippen LogP contribution in [0.5, 0.6) is 0 Å². The highest BCUT2D eigenvalue weighted by molar-refractivity contribution is 7.09. The van der Waals surface area contributed by atoms with Gasteiger partial charge in [-0.3, -0.25) is 5.32 Å². The van der Waals surface area contributed by atoms with Crippen molar-refractivity contribution in [3.05, 3.63) is 0 Å². The van der Waals surface area contributed by atoms with E-state index in [4.69, 9.17) is 5.11 Å². The molecule has 1 rings (SSSR count). The van der Waals surface area contributed by atoms with Crippen LogP contribution in [0.15, 0.2) is 0 Å². The number of rotatable bonds is 4. The molecule has 0 spiro atoms. The van der Waals surface area contributed by atoms with Crippen LogP contribution in [-0.2, 0) is 4.79 Å². The number of carboxylic acid groups (broad SMARTS) is 1. The molecule has 88 valence electrons. The standard InChI is InChI=1S/C7H11N5O3S/c1-3-7(2,4(13)14)9-5(15)8-6-10-11-12-16-6/h3H2,1-2H3,(H,13,14)(H2,8,9,10,12,15). The summed E-state index contributed by atoms with van der Waals surface area (Å²) in [5.41, 5.74) is -1.30. The molecule has 0 aromatic carbocycles. The minimum Gasteiger partial charge on any atom is -0.480 e. The summed E-state index contributed by atoms with van der Waals surface area (Å²) in [7, 11) is 0. The molecule has 2 amide bonds. The maximum atomic E-state index is 11.4. The number of hydrogen-bond acceptors (Lipinski definition) is 6. The number of carbonyl (C=O) groups is 2. The average molecular weight is 245 g/mol. The molecule has 3 N–H and O–H groups in total. The van der Waals surface area contributed by atoms with Crippen molar-refractivity contribution in [3.63, 3.8) is 0 Å². The fourth-order valence-electron chi connectivity index (χ4n) is 0.854. The van der Waals surface area contributed by atoms with Crippen LogP contribution in [0.2, 0.25) is 0 Å². The zero-order chi connectivity index (χ0) is 12.2. The number of carbonyl (C=O) groups excluding carboxylic acids is 1. The molecule has 0 aliphatic rings. The first-order valence-corrected chi connectivity index (χ1v) is 5.23. The number of urea groups is 1. The maximum Gasteiger partial charge on any atom is 0.329 e. The zero-order valence-corrected chi connectivity index (χ0v) is 9.54. The molecule has 0 radical (unpaired) electrons. The van der Waals surface area contributed by atoms with E-state index >= 15 is 0 Å². The second-order valence-electron chi connectivity index (χ2n) is 3.24. The van der Waals surface area contributed by atoms with Crippen LogP contribution in [0.4, 0.5) is 9.93 Å². The Balaban J connectivity index is 2.60. The molecule has 1 atom stereocenters. The summed E-state index contributed by atoms with van der Waals surface area (Å²) in [6.45, 7) is 3.09. The van der Waals surface area contributed by atoms with E-state index < -0.39 is 17.5 Å². The van der Waals surface area contributed by atoms with Crippen LogP contribution in [0.3, 0.4) is 0 Å². The molecule has 1 unspecified atom stereocenters. The van der Waals surface area contributed by atoms with Crippen molar-refractivity contribution in [2.75, 3.05) is 5.32 Å². The first-order valence-electron chi connectivity index (χ1n) is 4.45. The van der Waals surface area contributed by atoms with Gasteiger partial charge >= 0.3 is 12.0 Å². The number of carboxylic acids is 1. The Morgan fingerprint density at radius 1 is 1.56 bits per heavy atom. The molecule has 1 aromatic heterocycles. The van der Waals surface area contributed by atoms with E-state index in [2.05, 4.69) is 25.4 Å². The third-order valence-corrected chi connectivity index (χ3v) is 2.60. The fourth-order valence-corrected chi connectivity index (χ4v) is 1.22. The number of amides is 2. The van der Waals surface area contributed by atoms with Crippen LogP contribution in [0.25, 0.3) is 0 Å². The Morgan fingerprint density at radius 3 is 2.69 bits per heavy atom. The summed E-state index contributed by atoms with van der Waals surface area (Å²) in [5, 5.41) is 20.6. The van der Waals surface area contributed by atoms with Crippen LogP contribution in [-0.4, -0.2) is 37.4 Å². The van der Waals surface area contributed by atoms with Crippen molar-refractivity contribution in [1.29, 1.82) is 0 Å². The Kier molecular flexibility index (Phi) is 3.72. The molecule has 8 nitrogen and oxygen atoms in total. The van der Waals surface area contributed by atoms with Crippen LogP contribution >= 0.6 is 11.5 Å². The van der Waals surface area contributed by atoms with Gasteiger partial charge in [-0.15, -0.1) is 0 Å². The normalized spacial score (nSPS) is 13.9. The van der Waals surface area contributed by atoms with E-state index in [1.807, 2.05) is 0 Å². The second kappa shape index (κ2) is 4.84. The minimum atomic E-state index is -1.30. The van der Waals surface area contributed by atoms with E-state index in [0.29, 0.717) is 0 Å². The van der Waals surface area contributed by atoms with Gasteiger partial charge in [0.15, 0.2) is 0 Å². The zero-order valence-electron chi connectivity index (χ0n) is 8.72. The number of hydrogen-bond donors (Lipinski definition) is 3. The van der Waals surface area contributed by atoms with Gasteiger partial charge < -0.3 is 10.4 Å². The Labute approximate surface area is 95.2 Å². The SMILES string of the molecule is CCC(C)(NC(=O)Nc1nnns1)C(=O)O. The number of nitrogens with zero attached hydrogens (tertiary/aromatic N) is 3. The lowest BCUT2D eigenvalue weighted by Crippen LogP contribution is -2.53. The van der Waals surface area contributed by atoms with Crippen LogP contribution < -0.4 is 10.6 Å². The van der Waals surface area contributed by atoms with Gasteiger partial charge in [0.1, 0.15) is 5.54 Å². The van der Waals surface area contributed by atoms with Gasteiger partial charge in [0, 0.05) is 11.5 Å². The van der Waals surface area contributed by atoms with Crippen molar-refractivity contribution < 1.29 is 14.7 Å². The summed E-state index contributed by atoms with van der Waals surface area (Å²) < 4.78 is 3.45. The monoisotopic (exact) mass is 245 g/mol. The van der Waals surface area contributed by atoms with Crippen LogP contribution in [0.1, 0.15) is 20.3 Å². The van der Waals surface area contributed by atoms with Gasteiger partial charge in [-0.1, -0.05) is 16.5 Å². The van der Waals surface area contributed by atoms with Gasteiger partial charge in [0.05, 0.1) is 0 Å². The molecule has 1 heterocycles. The van der Waals surface area contributed by atoms with E-state index in [1.54, 1.807) is 6.92 Å². The minimum absolute atomic E-state index is 0.210.